The first-order chi connectivity index (χ1) is 6.67. The average Bonchev–Trinajstić information content (AvgIpc) is 2.17. The van der Waals surface area contributed by atoms with Crippen LogP contribution in [0.1, 0.15) is 10.4 Å². The van der Waals surface area contributed by atoms with Crippen molar-refractivity contribution < 1.29 is 24.2 Å². The molecule has 0 radical (unpaired) electrons. The molecule has 0 saturated heterocycles. The minimum absolute atomic E-state index is 0.00620. The normalized spacial score (nSPS) is 9.21. The summed E-state index contributed by atoms with van der Waals surface area (Å²) in [6.45, 7) is 0. The minimum Gasteiger partial charge on any atom is -0.497 e. The van der Waals surface area contributed by atoms with Crippen LogP contribution in [0.15, 0.2) is 18.2 Å². The van der Waals surface area contributed by atoms with Crippen LogP contribution in [-0.4, -0.2) is 24.7 Å². The van der Waals surface area contributed by atoms with Crippen molar-refractivity contribution in [1.82, 2.24) is 0 Å². The highest BCUT2D eigenvalue weighted by Gasteiger charge is 2.08. The summed E-state index contributed by atoms with van der Waals surface area (Å²) < 4.78 is 9.22. The second-order valence-electron chi connectivity index (χ2n) is 2.39. The highest BCUT2D eigenvalue weighted by molar-refractivity contribution is 5.81. The number of aldehydes is 1. The van der Waals surface area contributed by atoms with E-state index in [1.807, 2.05) is 0 Å². The molecule has 0 saturated carbocycles. The molecule has 14 heavy (non-hydrogen) atoms. The molecule has 5 heteroatoms. The van der Waals surface area contributed by atoms with E-state index in [-0.39, 0.29) is 11.3 Å². The number of benzene rings is 1. The van der Waals surface area contributed by atoms with Gasteiger partial charge < -0.3 is 14.6 Å². The Morgan fingerprint density at radius 3 is 2.71 bits per heavy atom. The summed E-state index contributed by atoms with van der Waals surface area (Å²) in [5.41, 5.74) is 0.131. The Morgan fingerprint density at radius 2 is 2.21 bits per heavy atom. The summed E-state index contributed by atoms with van der Waals surface area (Å²) in [4.78, 5) is 20.8. The second kappa shape index (κ2) is 4.27. The number of methoxy groups -OCH3 is 1. The summed E-state index contributed by atoms with van der Waals surface area (Å²) in [5, 5.41) is 8.34. The lowest BCUT2D eigenvalue weighted by molar-refractivity contribution is 0.111. The van der Waals surface area contributed by atoms with Crippen LogP contribution in [0, 0.1) is 0 Å². The smallest absolute Gasteiger partial charge is 0.497 e. The van der Waals surface area contributed by atoms with Crippen LogP contribution < -0.4 is 9.47 Å². The molecule has 0 fully saturated rings. The summed E-state index contributed by atoms with van der Waals surface area (Å²) in [7, 11) is 1.45. The van der Waals surface area contributed by atoms with Crippen LogP contribution in [0.2, 0.25) is 0 Å². The van der Waals surface area contributed by atoms with Crippen molar-refractivity contribution in [3.8, 4) is 11.5 Å². The standard InChI is InChI=1S/C9H8O5/c1-13-7-2-3-8(14-9(11)12)6(4-7)5-10/h2-5H,1H3,(H,11,12). The van der Waals surface area contributed by atoms with Gasteiger partial charge in [-0.05, 0) is 18.2 Å². The molecule has 1 aromatic carbocycles. The molecule has 0 amide bonds. The number of hydrogen-bond donors (Lipinski definition) is 1. The van der Waals surface area contributed by atoms with Gasteiger partial charge in [-0.1, -0.05) is 0 Å². The molecule has 1 rings (SSSR count). The van der Waals surface area contributed by atoms with E-state index in [9.17, 15) is 9.59 Å². The Labute approximate surface area is 79.9 Å². The molecule has 0 unspecified atom stereocenters. The average molecular weight is 196 g/mol. The fourth-order valence-corrected chi connectivity index (χ4v) is 0.933. The summed E-state index contributed by atoms with van der Waals surface area (Å²) in [5.74, 6) is 0.457. The van der Waals surface area contributed by atoms with Crippen LogP contribution in [0.3, 0.4) is 0 Å². The van der Waals surface area contributed by atoms with Gasteiger partial charge in [0.15, 0.2) is 6.29 Å². The van der Waals surface area contributed by atoms with Crippen LogP contribution in [-0.2, 0) is 0 Å². The molecule has 5 nitrogen and oxygen atoms in total. The molecular formula is C9H8O5. The number of carboxylic acid groups (broad SMARTS) is 1. The molecule has 0 bridgehead atoms. The highest BCUT2D eigenvalue weighted by Crippen LogP contribution is 2.22. The fourth-order valence-electron chi connectivity index (χ4n) is 0.933. The molecule has 0 aliphatic carbocycles. The zero-order chi connectivity index (χ0) is 10.6. The van der Waals surface area contributed by atoms with E-state index in [2.05, 4.69) is 4.74 Å². The number of carbonyl (C=O) groups is 2. The zero-order valence-electron chi connectivity index (χ0n) is 7.39. The topological polar surface area (TPSA) is 72.8 Å². The molecule has 0 aromatic heterocycles. The molecule has 0 aliphatic heterocycles. The molecule has 1 N–H and O–H groups in total. The van der Waals surface area contributed by atoms with E-state index in [1.54, 1.807) is 0 Å². The Bertz CT molecular complexity index is 358. The van der Waals surface area contributed by atoms with E-state index < -0.39 is 6.16 Å². The second-order valence-corrected chi connectivity index (χ2v) is 2.39. The maximum atomic E-state index is 10.5. The third kappa shape index (κ3) is 2.22. The third-order valence-corrected chi connectivity index (χ3v) is 1.54. The van der Waals surface area contributed by atoms with Gasteiger partial charge in [0.2, 0.25) is 0 Å². The largest absolute Gasteiger partial charge is 0.511 e. The van der Waals surface area contributed by atoms with Gasteiger partial charge in [-0.25, -0.2) is 4.79 Å². The lowest BCUT2D eigenvalue weighted by Gasteiger charge is -2.04. The molecule has 0 atom stereocenters. The van der Waals surface area contributed by atoms with Crippen LogP contribution in [0.4, 0.5) is 4.79 Å². The number of hydrogen-bond acceptors (Lipinski definition) is 4. The van der Waals surface area contributed by atoms with Gasteiger partial charge in [-0.15, -0.1) is 0 Å². The van der Waals surface area contributed by atoms with Gasteiger partial charge in [0.25, 0.3) is 0 Å². The monoisotopic (exact) mass is 196 g/mol. The van der Waals surface area contributed by atoms with Gasteiger partial charge in [-0.2, -0.15) is 0 Å². The Balaban J connectivity index is 3.04. The highest BCUT2D eigenvalue weighted by atomic mass is 16.7. The van der Waals surface area contributed by atoms with E-state index in [0.29, 0.717) is 12.0 Å². The van der Waals surface area contributed by atoms with Crippen molar-refractivity contribution in [2.75, 3.05) is 7.11 Å². The molecule has 74 valence electrons. The maximum absolute atomic E-state index is 10.5. The van der Waals surface area contributed by atoms with Gasteiger partial charge in [0.1, 0.15) is 11.5 Å². The van der Waals surface area contributed by atoms with Crippen LogP contribution >= 0.6 is 0 Å². The molecular weight excluding hydrogens is 188 g/mol. The van der Waals surface area contributed by atoms with Gasteiger partial charge in [0, 0.05) is 0 Å². The third-order valence-electron chi connectivity index (χ3n) is 1.54. The van der Waals surface area contributed by atoms with Crippen molar-refractivity contribution in [2.45, 2.75) is 0 Å². The summed E-state index contributed by atoms with van der Waals surface area (Å²) in [6, 6.07) is 4.26. The van der Waals surface area contributed by atoms with E-state index >= 15 is 0 Å². The molecule has 0 spiro atoms. The summed E-state index contributed by atoms with van der Waals surface area (Å²) in [6.07, 6.45) is -0.959. The predicted molar refractivity (Wildman–Crippen MR) is 47.0 cm³/mol. The van der Waals surface area contributed by atoms with Crippen molar-refractivity contribution in [3.63, 3.8) is 0 Å². The SMILES string of the molecule is COc1ccc(OC(=O)O)c(C=O)c1. The van der Waals surface area contributed by atoms with Gasteiger partial charge in [0.05, 0.1) is 12.7 Å². The van der Waals surface area contributed by atoms with Crippen LogP contribution in [0.25, 0.3) is 0 Å². The number of carbonyl (C=O) groups excluding carboxylic acids is 1. The van der Waals surface area contributed by atoms with Crippen LogP contribution in [0.5, 0.6) is 11.5 Å². The van der Waals surface area contributed by atoms with Crippen molar-refractivity contribution in [1.29, 1.82) is 0 Å². The van der Waals surface area contributed by atoms with Crippen molar-refractivity contribution in [2.24, 2.45) is 0 Å². The van der Waals surface area contributed by atoms with Gasteiger partial charge >= 0.3 is 6.16 Å². The lowest BCUT2D eigenvalue weighted by atomic mass is 10.2. The predicted octanol–water partition coefficient (Wildman–Crippen LogP) is 1.56. The summed E-state index contributed by atoms with van der Waals surface area (Å²) >= 11 is 0. The number of ether oxygens (including phenoxy) is 2. The quantitative estimate of drug-likeness (QED) is 0.451. The Kier molecular flexibility index (Phi) is 3.06. The Hall–Kier alpha value is -2.04. The zero-order valence-corrected chi connectivity index (χ0v) is 7.39. The maximum Gasteiger partial charge on any atom is 0.511 e. The first-order valence-corrected chi connectivity index (χ1v) is 3.71. The Morgan fingerprint density at radius 1 is 1.50 bits per heavy atom. The first-order valence-electron chi connectivity index (χ1n) is 3.71. The van der Waals surface area contributed by atoms with E-state index in [0.717, 1.165) is 0 Å². The van der Waals surface area contributed by atoms with Crippen molar-refractivity contribution in [3.05, 3.63) is 23.8 Å². The first kappa shape index (κ1) is 10.0. The lowest BCUT2D eigenvalue weighted by Crippen LogP contribution is -2.05. The van der Waals surface area contributed by atoms with E-state index in [1.165, 1.54) is 25.3 Å². The molecule has 0 heterocycles. The fraction of sp³-hybridized carbons (Fsp3) is 0.111. The minimum atomic E-state index is -1.46. The number of rotatable bonds is 3. The van der Waals surface area contributed by atoms with Crippen molar-refractivity contribution >= 4 is 12.4 Å². The molecule has 0 aliphatic rings. The van der Waals surface area contributed by atoms with E-state index in [4.69, 9.17) is 9.84 Å². The molecule has 1 aromatic rings. The van der Waals surface area contributed by atoms with Gasteiger partial charge in [-0.3, -0.25) is 4.79 Å².